The minimum Gasteiger partial charge on any atom is -0.375 e. The topological polar surface area (TPSA) is 77.4 Å². The van der Waals surface area contributed by atoms with Crippen molar-refractivity contribution in [3.05, 3.63) is 42.6 Å². The van der Waals surface area contributed by atoms with Gasteiger partial charge in [0.2, 0.25) is 5.91 Å². The number of hydrogen-bond donors (Lipinski definition) is 0. The highest BCUT2D eigenvalue weighted by Gasteiger charge is 2.26. The molecule has 7 nitrogen and oxygen atoms in total. The Balaban J connectivity index is 1.77. The second-order valence-corrected chi connectivity index (χ2v) is 5.21. The van der Waals surface area contributed by atoms with E-state index in [4.69, 9.17) is 9.47 Å². The molecule has 120 valence electrons. The van der Waals surface area contributed by atoms with E-state index >= 15 is 0 Å². The zero-order valence-electron chi connectivity index (χ0n) is 12.9. The van der Waals surface area contributed by atoms with Crippen LogP contribution in [0.5, 0.6) is 0 Å². The van der Waals surface area contributed by atoms with Crippen molar-refractivity contribution in [2.75, 3.05) is 33.4 Å². The van der Waals surface area contributed by atoms with Crippen LogP contribution in [0, 0.1) is 0 Å². The summed E-state index contributed by atoms with van der Waals surface area (Å²) in [6, 6.07) is 5.73. The zero-order valence-corrected chi connectivity index (χ0v) is 12.9. The molecule has 0 bridgehead atoms. The molecule has 2 aromatic heterocycles. The number of carbonyl (C=O) groups excluding carboxylic acids is 1. The average Bonchev–Trinajstić information content (AvgIpc) is 2.63. The monoisotopic (exact) mass is 314 g/mol. The van der Waals surface area contributed by atoms with Gasteiger partial charge in [-0.2, -0.15) is 0 Å². The van der Waals surface area contributed by atoms with E-state index < -0.39 is 0 Å². The van der Waals surface area contributed by atoms with Crippen LogP contribution in [0.15, 0.2) is 36.9 Å². The van der Waals surface area contributed by atoms with Gasteiger partial charge in [-0.1, -0.05) is 6.07 Å². The van der Waals surface area contributed by atoms with Gasteiger partial charge in [-0.15, -0.1) is 0 Å². The first kappa shape index (κ1) is 15.5. The molecule has 3 rings (SSSR count). The summed E-state index contributed by atoms with van der Waals surface area (Å²) in [5, 5.41) is 0. The molecule has 0 unspecified atom stereocenters. The van der Waals surface area contributed by atoms with Crippen LogP contribution in [-0.2, 0) is 14.3 Å². The molecule has 23 heavy (non-hydrogen) atoms. The Morgan fingerprint density at radius 2 is 2.22 bits per heavy atom. The van der Waals surface area contributed by atoms with Crippen LogP contribution >= 0.6 is 0 Å². The number of rotatable bonds is 4. The molecular weight excluding hydrogens is 296 g/mol. The molecule has 1 fully saturated rings. The predicted molar refractivity (Wildman–Crippen MR) is 82.4 cm³/mol. The number of amides is 1. The standard InChI is InChI=1S/C16H18N4O3/c1-22-10-16(21)20-5-6-23-15(9-20)14-4-2-3-13(19-14)12-7-17-11-18-8-12/h2-4,7-8,11,15H,5-6,9-10H2,1H3/t15-/m0/s1. The third-order valence-electron chi connectivity index (χ3n) is 3.64. The molecule has 1 saturated heterocycles. The van der Waals surface area contributed by atoms with E-state index in [0.29, 0.717) is 19.7 Å². The van der Waals surface area contributed by atoms with E-state index in [1.165, 1.54) is 13.4 Å². The van der Waals surface area contributed by atoms with Crippen molar-refractivity contribution in [1.29, 1.82) is 0 Å². The number of pyridine rings is 1. The molecule has 2 aromatic rings. The van der Waals surface area contributed by atoms with Crippen LogP contribution in [0.25, 0.3) is 11.3 Å². The van der Waals surface area contributed by atoms with Crippen molar-refractivity contribution in [2.24, 2.45) is 0 Å². The summed E-state index contributed by atoms with van der Waals surface area (Å²) in [6.07, 6.45) is 4.68. The highest BCUT2D eigenvalue weighted by molar-refractivity contribution is 5.77. The van der Waals surface area contributed by atoms with E-state index in [1.807, 2.05) is 18.2 Å². The zero-order chi connectivity index (χ0) is 16.1. The molecule has 0 spiro atoms. The van der Waals surface area contributed by atoms with Gasteiger partial charge in [0.1, 0.15) is 19.0 Å². The van der Waals surface area contributed by atoms with E-state index in [1.54, 1.807) is 17.3 Å². The van der Waals surface area contributed by atoms with Gasteiger partial charge < -0.3 is 14.4 Å². The number of ether oxygens (including phenoxy) is 2. The Morgan fingerprint density at radius 3 is 3.00 bits per heavy atom. The first-order valence-electron chi connectivity index (χ1n) is 7.38. The quantitative estimate of drug-likeness (QED) is 0.840. The fourth-order valence-corrected chi connectivity index (χ4v) is 2.49. The third-order valence-corrected chi connectivity index (χ3v) is 3.64. The fraction of sp³-hybridized carbons (Fsp3) is 0.375. The van der Waals surface area contributed by atoms with Crippen LogP contribution in [0.3, 0.4) is 0 Å². The number of aromatic nitrogens is 3. The summed E-state index contributed by atoms with van der Waals surface area (Å²) in [7, 11) is 1.52. The van der Waals surface area contributed by atoms with Crippen LogP contribution in [0.1, 0.15) is 11.8 Å². The van der Waals surface area contributed by atoms with E-state index in [-0.39, 0.29) is 18.6 Å². The maximum absolute atomic E-state index is 12.0. The number of hydrogen-bond acceptors (Lipinski definition) is 6. The molecular formula is C16H18N4O3. The Kier molecular flexibility index (Phi) is 4.89. The third kappa shape index (κ3) is 3.69. The van der Waals surface area contributed by atoms with Crippen LogP contribution in [0.2, 0.25) is 0 Å². The molecule has 1 aliphatic rings. The normalized spacial score (nSPS) is 18.0. The Hall–Kier alpha value is -2.38. The van der Waals surface area contributed by atoms with E-state index in [9.17, 15) is 4.79 Å². The van der Waals surface area contributed by atoms with Crippen LogP contribution < -0.4 is 0 Å². The second-order valence-electron chi connectivity index (χ2n) is 5.21. The molecule has 1 amide bonds. The molecule has 0 saturated carbocycles. The maximum atomic E-state index is 12.0. The lowest BCUT2D eigenvalue weighted by Gasteiger charge is -2.32. The largest absolute Gasteiger partial charge is 0.375 e. The number of methoxy groups -OCH3 is 1. The van der Waals surface area contributed by atoms with Crippen molar-refractivity contribution >= 4 is 5.91 Å². The molecule has 0 aromatic carbocycles. The summed E-state index contributed by atoms with van der Waals surface area (Å²) >= 11 is 0. The Morgan fingerprint density at radius 1 is 1.39 bits per heavy atom. The number of nitrogens with zero attached hydrogens (tertiary/aromatic N) is 4. The van der Waals surface area contributed by atoms with Gasteiger partial charge in [-0.3, -0.25) is 4.79 Å². The van der Waals surface area contributed by atoms with Crippen molar-refractivity contribution in [1.82, 2.24) is 19.9 Å². The molecule has 0 radical (unpaired) electrons. The van der Waals surface area contributed by atoms with E-state index in [2.05, 4.69) is 15.0 Å². The van der Waals surface area contributed by atoms with Gasteiger partial charge in [0.15, 0.2) is 0 Å². The molecule has 0 N–H and O–H groups in total. The van der Waals surface area contributed by atoms with Crippen LogP contribution in [-0.4, -0.2) is 59.2 Å². The molecule has 7 heteroatoms. The lowest BCUT2D eigenvalue weighted by atomic mass is 10.1. The van der Waals surface area contributed by atoms with Gasteiger partial charge in [0.05, 0.1) is 24.5 Å². The molecule has 1 atom stereocenters. The van der Waals surface area contributed by atoms with Crippen molar-refractivity contribution in [2.45, 2.75) is 6.10 Å². The van der Waals surface area contributed by atoms with Crippen molar-refractivity contribution < 1.29 is 14.3 Å². The Bertz CT molecular complexity index is 665. The lowest BCUT2D eigenvalue weighted by molar-refractivity contribution is -0.143. The molecule has 3 heterocycles. The van der Waals surface area contributed by atoms with Gasteiger partial charge in [0.25, 0.3) is 0 Å². The second kappa shape index (κ2) is 7.26. The number of carbonyl (C=O) groups is 1. The van der Waals surface area contributed by atoms with Gasteiger partial charge in [-0.05, 0) is 12.1 Å². The van der Waals surface area contributed by atoms with Gasteiger partial charge >= 0.3 is 0 Å². The molecule has 1 aliphatic heterocycles. The summed E-state index contributed by atoms with van der Waals surface area (Å²) in [4.78, 5) is 26.4. The SMILES string of the molecule is COCC(=O)N1CCO[C@H](c2cccc(-c3cncnc3)n2)C1. The van der Waals surface area contributed by atoms with Crippen LogP contribution in [0.4, 0.5) is 0 Å². The fourth-order valence-electron chi connectivity index (χ4n) is 2.49. The van der Waals surface area contributed by atoms with Crippen molar-refractivity contribution in [3.63, 3.8) is 0 Å². The molecule has 0 aliphatic carbocycles. The minimum absolute atomic E-state index is 0.0339. The van der Waals surface area contributed by atoms with Gasteiger partial charge in [0, 0.05) is 31.6 Å². The summed E-state index contributed by atoms with van der Waals surface area (Å²) in [6.45, 7) is 1.62. The first-order chi connectivity index (χ1) is 11.3. The van der Waals surface area contributed by atoms with Crippen molar-refractivity contribution in [3.8, 4) is 11.3 Å². The Labute approximate surface area is 134 Å². The summed E-state index contributed by atoms with van der Waals surface area (Å²) in [5.74, 6) is -0.0339. The lowest BCUT2D eigenvalue weighted by Crippen LogP contribution is -2.43. The minimum atomic E-state index is -0.242. The predicted octanol–water partition coefficient (Wildman–Crippen LogP) is 1.08. The highest BCUT2D eigenvalue weighted by atomic mass is 16.5. The summed E-state index contributed by atoms with van der Waals surface area (Å²) in [5.41, 5.74) is 2.42. The van der Waals surface area contributed by atoms with E-state index in [0.717, 1.165) is 17.0 Å². The van der Waals surface area contributed by atoms with Gasteiger partial charge in [-0.25, -0.2) is 15.0 Å². The maximum Gasteiger partial charge on any atom is 0.248 e. The summed E-state index contributed by atoms with van der Waals surface area (Å²) < 4.78 is 10.7. The average molecular weight is 314 g/mol. The first-order valence-corrected chi connectivity index (χ1v) is 7.38. The highest BCUT2D eigenvalue weighted by Crippen LogP contribution is 2.23. The smallest absolute Gasteiger partial charge is 0.248 e. The number of morpholine rings is 1.